The Morgan fingerprint density at radius 3 is 2.34 bits per heavy atom. The lowest BCUT2D eigenvalue weighted by molar-refractivity contribution is 0.0979. The van der Waals surface area contributed by atoms with Crippen molar-refractivity contribution in [3.8, 4) is 0 Å². The van der Waals surface area contributed by atoms with Crippen molar-refractivity contribution >= 4 is 38.3 Å². The molecule has 0 atom stereocenters. The summed E-state index contributed by atoms with van der Waals surface area (Å²) in [5.74, 6) is -0.0768. The molecular weight excluding hydrogens is 468 g/mol. The summed E-state index contributed by atoms with van der Waals surface area (Å²) in [7, 11) is 0. The minimum Gasteiger partial charge on any atom is -0.301 e. The van der Waals surface area contributed by atoms with Gasteiger partial charge in [0.15, 0.2) is 5.69 Å². The number of carbonyl (C=O) groups excluding carboxylic acids is 1. The van der Waals surface area contributed by atoms with Crippen LogP contribution in [0.2, 0.25) is 0 Å². The molecule has 0 fully saturated rings. The van der Waals surface area contributed by atoms with Crippen molar-refractivity contribution in [3.63, 3.8) is 0 Å². The van der Waals surface area contributed by atoms with Gasteiger partial charge in [-0.2, -0.15) is 5.10 Å². The van der Waals surface area contributed by atoms with Crippen LogP contribution in [0.1, 0.15) is 30.0 Å². The molecule has 0 saturated heterocycles. The van der Waals surface area contributed by atoms with Gasteiger partial charge in [0.25, 0.3) is 11.5 Å². The van der Waals surface area contributed by atoms with E-state index in [-0.39, 0.29) is 29.6 Å². The molecule has 0 radical (unpaired) electrons. The van der Waals surface area contributed by atoms with E-state index in [1.54, 1.807) is 29.3 Å². The Bertz CT molecular complexity index is 1300. The van der Waals surface area contributed by atoms with Crippen molar-refractivity contribution in [2.24, 2.45) is 5.92 Å². The average molecular weight is 491 g/mol. The molecule has 0 bridgehead atoms. The maximum Gasteiger partial charge on any atom is 0.279 e. The third-order valence-corrected chi connectivity index (χ3v) is 5.57. The summed E-state index contributed by atoms with van der Waals surface area (Å²) in [6.45, 7) is 4.74. The van der Waals surface area contributed by atoms with Crippen LogP contribution in [0.4, 0.5) is 5.69 Å². The standard InChI is InChI=1S/C25H23BrN4O2/c1-17(2)15-30-24(31)22-9-4-3-8-21(22)23(28-30)25(32)29(16-19-7-5-6-14-27-19)20-12-10-18(26)11-13-20/h3-14,17H,15-16H2,1-2H3. The van der Waals surface area contributed by atoms with E-state index in [0.29, 0.717) is 17.3 Å². The number of hydrogen-bond acceptors (Lipinski definition) is 4. The number of amides is 1. The van der Waals surface area contributed by atoms with Gasteiger partial charge in [0.05, 0.1) is 17.6 Å². The molecule has 32 heavy (non-hydrogen) atoms. The van der Waals surface area contributed by atoms with Crippen LogP contribution in [-0.4, -0.2) is 20.7 Å². The molecule has 2 heterocycles. The summed E-state index contributed by atoms with van der Waals surface area (Å²) in [5.41, 5.74) is 1.53. The maximum absolute atomic E-state index is 13.9. The number of benzene rings is 2. The molecular formula is C25H23BrN4O2. The predicted molar refractivity (Wildman–Crippen MR) is 130 cm³/mol. The Morgan fingerprint density at radius 2 is 1.69 bits per heavy atom. The van der Waals surface area contributed by atoms with Crippen LogP contribution in [-0.2, 0) is 13.1 Å². The first-order valence-corrected chi connectivity index (χ1v) is 11.2. The van der Waals surface area contributed by atoms with Crippen molar-refractivity contribution in [3.05, 3.63) is 99.1 Å². The smallest absolute Gasteiger partial charge is 0.279 e. The summed E-state index contributed by atoms with van der Waals surface area (Å²) in [6.07, 6.45) is 1.70. The molecule has 4 rings (SSSR count). The number of aromatic nitrogens is 3. The van der Waals surface area contributed by atoms with Crippen molar-refractivity contribution in [2.75, 3.05) is 4.90 Å². The largest absolute Gasteiger partial charge is 0.301 e. The fraction of sp³-hybridized carbons (Fsp3) is 0.200. The molecule has 0 aliphatic rings. The van der Waals surface area contributed by atoms with E-state index in [1.807, 2.05) is 62.4 Å². The third-order valence-electron chi connectivity index (χ3n) is 5.04. The van der Waals surface area contributed by atoms with Gasteiger partial charge in [-0.1, -0.05) is 54.0 Å². The number of rotatable bonds is 6. The number of pyridine rings is 1. The summed E-state index contributed by atoms with van der Waals surface area (Å²) in [5, 5.41) is 5.56. The number of nitrogens with zero attached hydrogens (tertiary/aromatic N) is 4. The Morgan fingerprint density at radius 1 is 1.00 bits per heavy atom. The Kier molecular flexibility index (Phi) is 6.46. The molecule has 0 spiro atoms. The minimum atomic E-state index is -0.285. The first-order chi connectivity index (χ1) is 15.4. The monoisotopic (exact) mass is 490 g/mol. The highest BCUT2D eigenvalue weighted by molar-refractivity contribution is 9.10. The molecule has 2 aromatic heterocycles. The lowest BCUT2D eigenvalue weighted by Gasteiger charge is -2.23. The van der Waals surface area contributed by atoms with Crippen LogP contribution in [0.15, 0.2) is 82.2 Å². The Labute approximate surface area is 194 Å². The van der Waals surface area contributed by atoms with Gasteiger partial charge in [-0.05, 0) is 48.4 Å². The zero-order valence-electron chi connectivity index (χ0n) is 17.9. The van der Waals surface area contributed by atoms with E-state index in [9.17, 15) is 9.59 Å². The van der Waals surface area contributed by atoms with Gasteiger partial charge in [0, 0.05) is 28.3 Å². The van der Waals surface area contributed by atoms with Gasteiger partial charge in [0.1, 0.15) is 0 Å². The van der Waals surface area contributed by atoms with Crippen molar-refractivity contribution in [2.45, 2.75) is 26.9 Å². The minimum absolute atomic E-state index is 0.189. The summed E-state index contributed by atoms with van der Waals surface area (Å²) < 4.78 is 2.32. The van der Waals surface area contributed by atoms with Crippen LogP contribution in [0, 0.1) is 5.92 Å². The van der Waals surface area contributed by atoms with Gasteiger partial charge >= 0.3 is 0 Å². The molecule has 0 saturated carbocycles. The van der Waals surface area contributed by atoms with Crippen LogP contribution >= 0.6 is 15.9 Å². The van der Waals surface area contributed by atoms with E-state index in [4.69, 9.17) is 0 Å². The molecule has 1 amide bonds. The molecule has 0 N–H and O–H groups in total. The highest BCUT2D eigenvalue weighted by Gasteiger charge is 2.24. The summed E-state index contributed by atoms with van der Waals surface area (Å²) >= 11 is 3.45. The first kappa shape index (κ1) is 21.9. The molecule has 0 aliphatic heterocycles. The topological polar surface area (TPSA) is 68.1 Å². The lowest BCUT2D eigenvalue weighted by Crippen LogP contribution is -2.35. The van der Waals surface area contributed by atoms with Crippen LogP contribution in [0.5, 0.6) is 0 Å². The van der Waals surface area contributed by atoms with Gasteiger partial charge in [0.2, 0.25) is 0 Å². The molecule has 6 nitrogen and oxygen atoms in total. The molecule has 0 unspecified atom stereocenters. The first-order valence-electron chi connectivity index (χ1n) is 10.4. The number of anilines is 1. The number of halogens is 1. The lowest BCUT2D eigenvalue weighted by atomic mass is 10.1. The van der Waals surface area contributed by atoms with E-state index < -0.39 is 0 Å². The molecule has 4 aromatic rings. The maximum atomic E-state index is 13.9. The van der Waals surface area contributed by atoms with E-state index in [0.717, 1.165) is 15.9 Å². The van der Waals surface area contributed by atoms with Gasteiger partial charge < -0.3 is 4.90 Å². The van der Waals surface area contributed by atoms with Gasteiger partial charge in [-0.3, -0.25) is 14.6 Å². The van der Waals surface area contributed by atoms with Crippen molar-refractivity contribution < 1.29 is 4.79 Å². The van der Waals surface area contributed by atoms with Crippen molar-refractivity contribution in [1.82, 2.24) is 14.8 Å². The predicted octanol–water partition coefficient (Wildman–Crippen LogP) is 5.06. The summed E-state index contributed by atoms with van der Waals surface area (Å²) in [6, 6.07) is 20.3. The average Bonchev–Trinajstić information content (AvgIpc) is 2.80. The van der Waals surface area contributed by atoms with Crippen LogP contribution < -0.4 is 10.5 Å². The quantitative estimate of drug-likeness (QED) is 0.378. The van der Waals surface area contributed by atoms with Gasteiger partial charge in [-0.15, -0.1) is 0 Å². The molecule has 2 aromatic carbocycles. The van der Waals surface area contributed by atoms with E-state index >= 15 is 0 Å². The normalized spacial score (nSPS) is 11.1. The SMILES string of the molecule is CC(C)Cn1nc(C(=O)N(Cc2ccccn2)c2ccc(Br)cc2)c2ccccc2c1=O. The van der Waals surface area contributed by atoms with Crippen LogP contribution in [0.3, 0.4) is 0 Å². The number of fused-ring (bicyclic) bond motifs is 1. The number of hydrogen-bond donors (Lipinski definition) is 0. The highest BCUT2D eigenvalue weighted by atomic mass is 79.9. The molecule has 0 aliphatic carbocycles. The Hall–Kier alpha value is -3.32. The Balaban J connectivity index is 1.87. The third kappa shape index (κ3) is 4.62. The molecule has 7 heteroatoms. The second kappa shape index (κ2) is 9.44. The zero-order valence-corrected chi connectivity index (χ0v) is 19.5. The second-order valence-electron chi connectivity index (χ2n) is 7.96. The zero-order chi connectivity index (χ0) is 22.7. The van der Waals surface area contributed by atoms with Crippen LogP contribution in [0.25, 0.3) is 10.8 Å². The van der Waals surface area contributed by atoms with E-state index in [1.165, 1.54) is 4.68 Å². The van der Waals surface area contributed by atoms with Crippen molar-refractivity contribution in [1.29, 1.82) is 0 Å². The van der Waals surface area contributed by atoms with E-state index in [2.05, 4.69) is 26.0 Å². The molecule has 162 valence electrons. The summed E-state index contributed by atoms with van der Waals surface area (Å²) in [4.78, 5) is 32.9. The fourth-order valence-electron chi connectivity index (χ4n) is 3.55. The fourth-order valence-corrected chi connectivity index (χ4v) is 3.81. The highest BCUT2D eigenvalue weighted by Crippen LogP contribution is 2.24. The van der Waals surface area contributed by atoms with Gasteiger partial charge in [-0.25, -0.2) is 4.68 Å². The number of carbonyl (C=O) groups is 1. The second-order valence-corrected chi connectivity index (χ2v) is 8.88.